The first-order chi connectivity index (χ1) is 12.8. The fraction of sp³-hybridized carbons (Fsp3) is 0.550. The van der Waals surface area contributed by atoms with E-state index in [2.05, 4.69) is 4.98 Å². The van der Waals surface area contributed by atoms with Crippen LogP contribution in [-0.2, 0) is 9.47 Å². The van der Waals surface area contributed by atoms with Gasteiger partial charge in [0.1, 0.15) is 11.2 Å². The van der Waals surface area contributed by atoms with Gasteiger partial charge in [0.15, 0.2) is 5.78 Å². The zero-order chi connectivity index (χ0) is 19.2. The first-order valence-corrected chi connectivity index (χ1v) is 9.38. The van der Waals surface area contributed by atoms with Crippen LogP contribution in [0.1, 0.15) is 44.0 Å². The number of hydrogen-bond donors (Lipinski definition) is 0. The fourth-order valence-corrected chi connectivity index (χ4v) is 4.04. The van der Waals surface area contributed by atoms with Crippen LogP contribution in [0.5, 0.6) is 0 Å². The molecule has 0 N–H and O–H groups in total. The van der Waals surface area contributed by atoms with Crippen LogP contribution in [0.2, 0.25) is 0 Å². The van der Waals surface area contributed by atoms with Gasteiger partial charge in [-0.05, 0) is 45.7 Å². The van der Waals surface area contributed by atoms with Crippen LogP contribution in [0.4, 0.5) is 4.79 Å². The van der Waals surface area contributed by atoms with Crippen LogP contribution in [0.25, 0.3) is 5.65 Å². The van der Waals surface area contributed by atoms with Gasteiger partial charge in [-0.2, -0.15) is 0 Å². The van der Waals surface area contributed by atoms with E-state index >= 15 is 0 Å². The van der Waals surface area contributed by atoms with Gasteiger partial charge in [0.05, 0.1) is 25.3 Å². The summed E-state index contributed by atoms with van der Waals surface area (Å²) >= 11 is 0. The van der Waals surface area contributed by atoms with Gasteiger partial charge in [-0.3, -0.25) is 9.69 Å². The number of fused-ring (bicyclic) bond motifs is 3. The molecule has 2 aliphatic heterocycles. The van der Waals surface area contributed by atoms with Crippen molar-refractivity contribution in [3.63, 3.8) is 0 Å². The molecule has 2 aromatic heterocycles. The monoisotopic (exact) mass is 371 g/mol. The SMILES string of the molecule is CC(C)(C)OC(=O)N1C2COCC1CC(C(=O)c1ccn3ccnc3c1)C2. The summed E-state index contributed by atoms with van der Waals surface area (Å²) in [6, 6.07) is 3.41. The third-order valence-electron chi connectivity index (χ3n) is 5.18. The summed E-state index contributed by atoms with van der Waals surface area (Å²) in [6.07, 6.45) is 6.29. The summed E-state index contributed by atoms with van der Waals surface area (Å²) < 4.78 is 13.1. The highest BCUT2D eigenvalue weighted by Gasteiger charge is 2.45. The second-order valence-electron chi connectivity index (χ2n) is 8.37. The van der Waals surface area contributed by atoms with Crippen molar-refractivity contribution in [2.45, 2.75) is 51.3 Å². The number of imidazole rings is 1. The Morgan fingerprint density at radius 1 is 1.19 bits per heavy atom. The van der Waals surface area contributed by atoms with E-state index in [1.165, 1.54) is 0 Å². The van der Waals surface area contributed by atoms with Gasteiger partial charge in [0.2, 0.25) is 0 Å². The van der Waals surface area contributed by atoms with Crippen LogP contribution in [0.15, 0.2) is 30.7 Å². The van der Waals surface area contributed by atoms with Crippen molar-refractivity contribution in [2.24, 2.45) is 5.92 Å². The maximum Gasteiger partial charge on any atom is 0.410 e. The van der Waals surface area contributed by atoms with Crippen molar-refractivity contribution in [3.8, 4) is 0 Å². The number of rotatable bonds is 2. The van der Waals surface area contributed by atoms with E-state index in [1.54, 1.807) is 11.1 Å². The van der Waals surface area contributed by atoms with Crippen LogP contribution >= 0.6 is 0 Å². The summed E-state index contributed by atoms with van der Waals surface area (Å²) in [6.45, 7) is 6.47. The Morgan fingerprint density at radius 3 is 2.56 bits per heavy atom. The zero-order valence-electron chi connectivity index (χ0n) is 15.9. The molecule has 0 aromatic carbocycles. The minimum absolute atomic E-state index is 0.112. The molecule has 144 valence electrons. The number of Topliss-reactive ketones (excluding diaryl/α,β-unsaturated/α-hetero) is 1. The van der Waals surface area contributed by atoms with Crippen molar-refractivity contribution < 1.29 is 19.1 Å². The molecular weight excluding hydrogens is 346 g/mol. The highest BCUT2D eigenvalue weighted by Crippen LogP contribution is 2.34. The van der Waals surface area contributed by atoms with Gasteiger partial charge in [0, 0.05) is 30.1 Å². The Bertz CT molecular complexity index is 855. The Hall–Kier alpha value is -2.41. The molecule has 2 aromatic rings. The molecule has 7 heteroatoms. The number of carbonyl (C=O) groups is 2. The van der Waals surface area contributed by atoms with Gasteiger partial charge < -0.3 is 13.9 Å². The quantitative estimate of drug-likeness (QED) is 0.759. The van der Waals surface area contributed by atoms with Gasteiger partial charge in [0.25, 0.3) is 0 Å². The van der Waals surface area contributed by atoms with E-state index in [9.17, 15) is 9.59 Å². The number of carbonyl (C=O) groups excluding carboxylic acids is 2. The standard InChI is InChI=1S/C20H25N3O4/c1-20(2,3)27-19(25)23-15-8-14(9-16(23)12-26-11-15)18(24)13-4-6-22-7-5-21-17(22)10-13/h4-7,10,14-16H,8-9,11-12H2,1-3H3. The molecule has 2 aliphatic rings. The third-order valence-corrected chi connectivity index (χ3v) is 5.18. The summed E-state index contributed by atoms with van der Waals surface area (Å²) in [5.74, 6) is -0.0127. The Morgan fingerprint density at radius 2 is 1.89 bits per heavy atom. The number of ether oxygens (including phenoxy) is 2. The molecule has 7 nitrogen and oxygen atoms in total. The second-order valence-corrected chi connectivity index (χ2v) is 8.37. The average Bonchev–Trinajstić information content (AvgIpc) is 3.06. The predicted molar refractivity (Wildman–Crippen MR) is 98.7 cm³/mol. The van der Waals surface area contributed by atoms with Crippen LogP contribution in [0, 0.1) is 5.92 Å². The van der Waals surface area contributed by atoms with E-state index in [1.807, 2.05) is 49.7 Å². The molecule has 4 rings (SSSR count). The normalized spacial score (nSPS) is 25.4. The topological polar surface area (TPSA) is 73.1 Å². The second kappa shape index (κ2) is 6.64. The van der Waals surface area contributed by atoms with E-state index in [0.29, 0.717) is 31.6 Å². The highest BCUT2D eigenvalue weighted by atomic mass is 16.6. The first-order valence-electron chi connectivity index (χ1n) is 9.38. The van der Waals surface area contributed by atoms with E-state index in [0.717, 1.165) is 5.65 Å². The molecule has 0 aliphatic carbocycles. The van der Waals surface area contributed by atoms with Gasteiger partial charge in [-0.1, -0.05) is 0 Å². The lowest BCUT2D eigenvalue weighted by molar-refractivity contribution is -0.0861. The molecule has 0 saturated carbocycles. The van der Waals surface area contributed by atoms with Crippen LogP contribution in [-0.4, -0.2) is 57.1 Å². The lowest BCUT2D eigenvalue weighted by Crippen LogP contribution is -2.60. The maximum atomic E-state index is 13.1. The molecular formula is C20H25N3O4. The van der Waals surface area contributed by atoms with Crippen molar-refractivity contribution in [1.29, 1.82) is 0 Å². The van der Waals surface area contributed by atoms with Gasteiger partial charge >= 0.3 is 6.09 Å². The number of ketones is 1. The number of pyridine rings is 1. The number of nitrogens with zero attached hydrogens (tertiary/aromatic N) is 3. The maximum absolute atomic E-state index is 13.1. The van der Waals surface area contributed by atoms with Gasteiger partial charge in [-0.15, -0.1) is 0 Å². The number of aromatic nitrogens is 2. The van der Waals surface area contributed by atoms with E-state index < -0.39 is 5.60 Å². The largest absolute Gasteiger partial charge is 0.444 e. The summed E-state index contributed by atoms with van der Waals surface area (Å²) in [5.41, 5.74) is 0.886. The molecule has 2 fully saturated rings. The number of piperidine rings is 1. The number of morpholine rings is 1. The lowest BCUT2D eigenvalue weighted by Gasteiger charge is -2.47. The number of hydrogen-bond acceptors (Lipinski definition) is 5. The summed E-state index contributed by atoms with van der Waals surface area (Å²) in [7, 11) is 0. The minimum Gasteiger partial charge on any atom is -0.444 e. The molecule has 2 unspecified atom stereocenters. The van der Waals surface area contributed by atoms with Gasteiger partial charge in [-0.25, -0.2) is 9.78 Å². The first kappa shape index (κ1) is 18.0. The average molecular weight is 371 g/mol. The fourth-order valence-electron chi connectivity index (χ4n) is 4.04. The van der Waals surface area contributed by atoms with E-state index in [-0.39, 0.29) is 29.9 Å². The summed E-state index contributed by atoms with van der Waals surface area (Å²) in [5, 5.41) is 0. The molecule has 27 heavy (non-hydrogen) atoms. The number of amides is 1. The van der Waals surface area contributed by atoms with Crippen LogP contribution < -0.4 is 0 Å². The zero-order valence-corrected chi connectivity index (χ0v) is 15.9. The van der Waals surface area contributed by atoms with E-state index in [4.69, 9.17) is 9.47 Å². The molecule has 2 bridgehead atoms. The van der Waals surface area contributed by atoms with Crippen molar-refractivity contribution in [3.05, 3.63) is 36.3 Å². The molecule has 0 radical (unpaired) electrons. The molecule has 1 amide bonds. The van der Waals surface area contributed by atoms with Crippen molar-refractivity contribution in [2.75, 3.05) is 13.2 Å². The Labute approximate surface area is 158 Å². The Balaban J connectivity index is 1.52. The Kier molecular flexibility index (Phi) is 4.42. The molecule has 0 spiro atoms. The predicted octanol–water partition coefficient (Wildman–Crippen LogP) is 2.93. The van der Waals surface area contributed by atoms with Crippen molar-refractivity contribution >= 4 is 17.5 Å². The lowest BCUT2D eigenvalue weighted by atomic mass is 9.81. The minimum atomic E-state index is -0.543. The smallest absolute Gasteiger partial charge is 0.410 e. The summed E-state index contributed by atoms with van der Waals surface area (Å²) in [4.78, 5) is 31.8. The molecule has 2 saturated heterocycles. The third kappa shape index (κ3) is 3.56. The van der Waals surface area contributed by atoms with Crippen molar-refractivity contribution in [1.82, 2.24) is 14.3 Å². The van der Waals surface area contributed by atoms with Crippen LogP contribution in [0.3, 0.4) is 0 Å². The molecule has 2 atom stereocenters. The molecule has 4 heterocycles. The highest BCUT2D eigenvalue weighted by molar-refractivity contribution is 5.98.